The van der Waals surface area contributed by atoms with Crippen molar-refractivity contribution in [2.75, 3.05) is 18.0 Å². The van der Waals surface area contributed by atoms with Crippen molar-refractivity contribution in [3.05, 3.63) is 57.5 Å². The summed E-state index contributed by atoms with van der Waals surface area (Å²) < 4.78 is 17.3. The summed E-state index contributed by atoms with van der Waals surface area (Å²) in [6.07, 6.45) is 5.14. The lowest BCUT2D eigenvalue weighted by Gasteiger charge is -2.26. The van der Waals surface area contributed by atoms with Crippen molar-refractivity contribution >= 4 is 17.4 Å². The molecule has 3 aromatic rings. The smallest absolute Gasteiger partial charge is 0.257 e. The Morgan fingerprint density at radius 1 is 1.24 bits per heavy atom. The maximum absolute atomic E-state index is 14.3. The van der Waals surface area contributed by atoms with Gasteiger partial charge in [-0.1, -0.05) is 0 Å². The summed E-state index contributed by atoms with van der Waals surface area (Å²) in [4.78, 5) is 32.5. The molecule has 9 heteroatoms. The Hall–Kier alpha value is -3.23. The molecule has 1 N–H and O–H groups in total. The highest BCUT2D eigenvalue weighted by atomic mass is 19.1. The number of amides is 1. The normalized spacial score (nSPS) is 19.3. The minimum Gasteiger partial charge on any atom is -0.352 e. The van der Waals surface area contributed by atoms with Crippen molar-refractivity contribution in [2.24, 2.45) is 0 Å². The Kier molecular flexibility index (Phi) is 4.11. The molecule has 1 amide bonds. The number of nitrogens with one attached hydrogen (secondary N) is 1. The van der Waals surface area contributed by atoms with E-state index in [0.29, 0.717) is 54.3 Å². The second kappa shape index (κ2) is 6.68. The number of anilines is 1. The second-order valence-corrected chi connectivity index (χ2v) is 7.59. The lowest BCUT2D eigenvalue weighted by atomic mass is 10.1. The van der Waals surface area contributed by atoms with Crippen LogP contribution in [0.2, 0.25) is 0 Å². The van der Waals surface area contributed by atoms with Gasteiger partial charge in [0.1, 0.15) is 17.2 Å². The predicted octanol–water partition coefficient (Wildman–Crippen LogP) is 1.81. The highest BCUT2D eigenvalue weighted by Crippen LogP contribution is 2.34. The Morgan fingerprint density at radius 2 is 2.10 bits per heavy atom. The summed E-state index contributed by atoms with van der Waals surface area (Å²) in [6.45, 7) is 3.20. The van der Waals surface area contributed by atoms with Gasteiger partial charge in [0.2, 0.25) is 0 Å². The molecule has 0 spiro atoms. The Morgan fingerprint density at radius 3 is 2.97 bits per heavy atom. The van der Waals surface area contributed by atoms with Gasteiger partial charge in [0.05, 0.1) is 11.7 Å². The summed E-state index contributed by atoms with van der Waals surface area (Å²) in [5, 5.41) is 7.27. The summed E-state index contributed by atoms with van der Waals surface area (Å²) >= 11 is 0. The zero-order chi connectivity index (χ0) is 20.1. The number of pyridine rings is 1. The standard InChI is InChI=1S/C20H21FN6O2/c1-12-17-18-23-16(5-9-27(18)24-12)26-8-2-4-15(26)14-10-13(21)11-25(20(14)29)7-3-6-22-19(17)28/h5,9-11,15H,2-4,6-8H2,1H3,(H,22,28)/t15-/m1/s1. The van der Waals surface area contributed by atoms with Crippen LogP contribution < -0.4 is 15.8 Å². The summed E-state index contributed by atoms with van der Waals surface area (Å²) in [6, 6.07) is 2.93. The molecule has 8 nitrogen and oxygen atoms in total. The van der Waals surface area contributed by atoms with Crippen molar-refractivity contribution in [1.82, 2.24) is 24.5 Å². The van der Waals surface area contributed by atoms with E-state index in [1.54, 1.807) is 17.6 Å². The summed E-state index contributed by atoms with van der Waals surface area (Å²) in [5.41, 5.74) is 1.82. The van der Waals surface area contributed by atoms with Crippen molar-refractivity contribution in [3.8, 4) is 0 Å². The van der Waals surface area contributed by atoms with Crippen molar-refractivity contribution in [3.63, 3.8) is 0 Å². The molecule has 150 valence electrons. The van der Waals surface area contributed by atoms with E-state index < -0.39 is 5.82 Å². The van der Waals surface area contributed by atoms with E-state index >= 15 is 0 Å². The van der Waals surface area contributed by atoms with Gasteiger partial charge in [0.25, 0.3) is 11.5 Å². The third kappa shape index (κ3) is 2.88. The van der Waals surface area contributed by atoms with Crippen LogP contribution in [0, 0.1) is 12.7 Å². The zero-order valence-corrected chi connectivity index (χ0v) is 16.1. The fraction of sp³-hybridized carbons (Fsp3) is 0.400. The molecule has 1 atom stereocenters. The van der Waals surface area contributed by atoms with Crippen LogP contribution in [0.4, 0.5) is 10.2 Å². The van der Waals surface area contributed by atoms with E-state index in [9.17, 15) is 14.0 Å². The maximum Gasteiger partial charge on any atom is 0.257 e. The average molecular weight is 396 g/mol. The number of aromatic nitrogens is 4. The molecule has 5 heterocycles. The molecule has 0 radical (unpaired) electrons. The van der Waals surface area contributed by atoms with Gasteiger partial charge >= 0.3 is 0 Å². The highest BCUT2D eigenvalue weighted by Gasteiger charge is 2.31. The van der Waals surface area contributed by atoms with Gasteiger partial charge in [0, 0.05) is 37.6 Å². The van der Waals surface area contributed by atoms with E-state index in [4.69, 9.17) is 4.98 Å². The molecule has 5 rings (SSSR count). The van der Waals surface area contributed by atoms with Crippen LogP contribution in [-0.4, -0.2) is 38.2 Å². The summed E-state index contributed by atoms with van der Waals surface area (Å²) in [5.74, 6) is -0.0228. The molecule has 4 bridgehead atoms. The van der Waals surface area contributed by atoms with E-state index in [1.807, 2.05) is 11.0 Å². The third-order valence-electron chi connectivity index (χ3n) is 5.72. The first kappa shape index (κ1) is 17.8. The molecule has 0 aromatic carbocycles. The van der Waals surface area contributed by atoms with Gasteiger partial charge in [-0.25, -0.2) is 13.9 Å². The molecule has 3 aromatic heterocycles. The third-order valence-corrected chi connectivity index (χ3v) is 5.72. The fourth-order valence-electron chi connectivity index (χ4n) is 4.38. The Labute approximate surface area is 166 Å². The molecule has 0 unspecified atom stereocenters. The average Bonchev–Trinajstić information content (AvgIpc) is 3.29. The van der Waals surface area contributed by atoms with Crippen LogP contribution in [0.1, 0.15) is 46.9 Å². The first-order valence-corrected chi connectivity index (χ1v) is 9.83. The van der Waals surface area contributed by atoms with Crippen LogP contribution >= 0.6 is 0 Å². The molecular weight excluding hydrogens is 375 g/mol. The molecule has 1 saturated heterocycles. The van der Waals surface area contributed by atoms with Crippen LogP contribution in [0.15, 0.2) is 29.3 Å². The quantitative estimate of drug-likeness (QED) is 0.627. The van der Waals surface area contributed by atoms with E-state index in [-0.39, 0.29) is 17.5 Å². The molecular formula is C20H21FN6O2. The lowest BCUT2D eigenvalue weighted by Crippen LogP contribution is -2.33. The van der Waals surface area contributed by atoms with Gasteiger partial charge in [-0.05, 0) is 38.3 Å². The maximum atomic E-state index is 14.3. The SMILES string of the molecule is Cc1nn2ccc3nc2c1C(=O)NCCCn1cc(F)cc(c1=O)[C@H]1CCCN31. The van der Waals surface area contributed by atoms with Crippen molar-refractivity contribution in [1.29, 1.82) is 0 Å². The molecule has 0 saturated carbocycles. The molecule has 2 aliphatic rings. The molecule has 2 aliphatic heterocycles. The van der Waals surface area contributed by atoms with E-state index in [2.05, 4.69) is 10.4 Å². The molecule has 1 fully saturated rings. The van der Waals surface area contributed by atoms with Gasteiger partial charge in [-0.15, -0.1) is 0 Å². The number of hydrogen-bond donors (Lipinski definition) is 1. The predicted molar refractivity (Wildman–Crippen MR) is 105 cm³/mol. The van der Waals surface area contributed by atoms with Crippen LogP contribution in [0.5, 0.6) is 0 Å². The second-order valence-electron chi connectivity index (χ2n) is 7.59. The number of rotatable bonds is 0. The van der Waals surface area contributed by atoms with Gasteiger partial charge < -0.3 is 14.8 Å². The molecule has 29 heavy (non-hydrogen) atoms. The van der Waals surface area contributed by atoms with Gasteiger partial charge in [-0.3, -0.25) is 9.59 Å². The van der Waals surface area contributed by atoms with Crippen molar-refractivity contribution in [2.45, 2.75) is 38.8 Å². The topological polar surface area (TPSA) is 84.5 Å². The Balaban J connectivity index is 1.71. The number of hydrogen-bond acceptors (Lipinski definition) is 5. The first-order chi connectivity index (χ1) is 14.0. The van der Waals surface area contributed by atoms with E-state index in [0.717, 1.165) is 12.8 Å². The van der Waals surface area contributed by atoms with Crippen LogP contribution in [0.3, 0.4) is 0 Å². The lowest BCUT2D eigenvalue weighted by molar-refractivity contribution is 0.0953. The van der Waals surface area contributed by atoms with Crippen LogP contribution in [0.25, 0.3) is 5.65 Å². The minimum absolute atomic E-state index is 0.186. The fourth-order valence-corrected chi connectivity index (χ4v) is 4.38. The monoisotopic (exact) mass is 396 g/mol. The van der Waals surface area contributed by atoms with E-state index in [1.165, 1.54) is 16.8 Å². The number of halogens is 1. The molecule has 0 aliphatic carbocycles. The largest absolute Gasteiger partial charge is 0.352 e. The Bertz CT molecular complexity index is 1180. The number of fused-ring (bicyclic) bond motifs is 6. The van der Waals surface area contributed by atoms with Gasteiger partial charge in [-0.2, -0.15) is 5.10 Å². The van der Waals surface area contributed by atoms with Crippen LogP contribution in [-0.2, 0) is 6.54 Å². The zero-order valence-electron chi connectivity index (χ0n) is 16.1. The number of carbonyl (C=O) groups excluding carboxylic acids is 1. The summed E-state index contributed by atoms with van der Waals surface area (Å²) in [7, 11) is 0. The van der Waals surface area contributed by atoms with Gasteiger partial charge in [0.15, 0.2) is 5.65 Å². The number of aryl methyl sites for hydroxylation is 2. The van der Waals surface area contributed by atoms with Crippen molar-refractivity contribution < 1.29 is 9.18 Å². The number of carbonyl (C=O) groups is 1. The number of nitrogens with zero attached hydrogens (tertiary/aromatic N) is 5. The first-order valence-electron chi connectivity index (χ1n) is 9.83. The minimum atomic E-state index is -0.431. The highest BCUT2D eigenvalue weighted by molar-refractivity contribution is 6.01.